The van der Waals surface area contributed by atoms with Crippen LogP contribution in [0.15, 0.2) is 0 Å². The molecule has 0 bridgehead atoms. The van der Waals surface area contributed by atoms with Gasteiger partial charge in [0.1, 0.15) is 6.10 Å². The van der Waals surface area contributed by atoms with Crippen LogP contribution >= 0.6 is 0 Å². The van der Waals surface area contributed by atoms with Gasteiger partial charge in [-0.15, -0.1) is 0 Å². The minimum atomic E-state index is -0.292. The predicted molar refractivity (Wildman–Crippen MR) is 37.7 cm³/mol. The van der Waals surface area contributed by atoms with Gasteiger partial charge in [0.15, 0.2) is 0 Å². The van der Waals surface area contributed by atoms with Crippen molar-refractivity contribution >= 4 is 6.09 Å². The number of amides is 1. The van der Waals surface area contributed by atoms with Crippen molar-refractivity contribution in [1.82, 2.24) is 5.32 Å². The lowest BCUT2D eigenvalue weighted by Gasteiger charge is -2.23. The molecule has 1 N–H and O–H groups in total. The summed E-state index contributed by atoms with van der Waals surface area (Å²) in [5.41, 5.74) is 0.0547. The predicted octanol–water partition coefficient (Wildman–Crippen LogP) is 1.14. The van der Waals surface area contributed by atoms with Crippen LogP contribution in [-0.2, 0) is 4.74 Å². The summed E-state index contributed by atoms with van der Waals surface area (Å²) < 4.78 is 4.98. The van der Waals surface area contributed by atoms with E-state index in [1.807, 2.05) is 0 Å². The van der Waals surface area contributed by atoms with E-state index in [-0.39, 0.29) is 17.6 Å². The lowest BCUT2D eigenvalue weighted by molar-refractivity contribution is 0.0728. The molecule has 0 saturated carbocycles. The molecule has 0 aromatic rings. The molecule has 0 aromatic carbocycles. The molecule has 0 spiro atoms. The summed E-state index contributed by atoms with van der Waals surface area (Å²) >= 11 is 0. The molecule has 0 unspecified atom stereocenters. The van der Waals surface area contributed by atoms with Crippen molar-refractivity contribution in [3.8, 4) is 0 Å². The van der Waals surface area contributed by atoms with Crippen molar-refractivity contribution < 1.29 is 9.53 Å². The molecule has 1 fully saturated rings. The summed E-state index contributed by atoms with van der Waals surface area (Å²) in [7, 11) is 0. The van der Waals surface area contributed by atoms with E-state index in [2.05, 4.69) is 26.1 Å². The minimum absolute atomic E-state index is 0.0278. The Bertz CT molecular complexity index is 148. The Balaban J connectivity index is 2.53. The maximum absolute atomic E-state index is 10.6. The number of alkyl carbamates (subject to hydrolysis) is 1. The first kappa shape index (κ1) is 7.38. The van der Waals surface area contributed by atoms with Gasteiger partial charge < -0.3 is 10.1 Å². The molecule has 1 saturated heterocycles. The zero-order chi connectivity index (χ0) is 7.78. The van der Waals surface area contributed by atoms with Gasteiger partial charge in [-0.25, -0.2) is 4.79 Å². The summed E-state index contributed by atoms with van der Waals surface area (Å²) in [6.45, 7) is 6.80. The van der Waals surface area contributed by atoms with Gasteiger partial charge in [0.05, 0.1) is 6.54 Å². The average Bonchev–Trinajstić information content (AvgIpc) is 2.11. The van der Waals surface area contributed by atoms with Gasteiger partial charge in [-0.2, -0.15) is 0 Å². The molecule has 0 aromatic heterocycles. The van der Waals surface area contributed by atoms with Gasteiger partial charge >= 0.3 is 6.09 Å². The molecular formula is C7H13NO2. The normalized spacial score (nSPS) is 25.9. The highest BCUT2D eigenvalue weighted by Crippen LogP contribution is 2.23. The van der Waals surface area contributed by atoms with Crippen LogP contribution in [0.1, 0.15) is 20.8 Å². The van der Waals surface area contributed by atoms with Gasteiger partial charge in [-0.05, 0) is 0 Å². The second-order valence-corrected chi connectivity index (χ2v) is 3.64. The van der Waals surface area contributed by atoms with Crippen molar-refractivity contribution in [1.29, 1.82) is 0 Å². The second kappa shape index (κ2) is 2.15. The first-order valence-electron chi connectivity index (χ1n) is 3.44. The molecule has 1 aliphatic heterocycles. The fourth-order valence-electron chi connectivity index (χ4n) is 0.872. The molecule has 1 atom stereocenters. The van der Waals surface area contributed by atoms with Crippen molar-refractivity contribution in [2.24, 2.45) is 5.41 Å². The number of carbonyl (C=O) groups is 1. The van der Waals surface area contributed by atoms with Crippen molar-refractivity contribution in [2.75, 3.05) is 6.54 Å². The third-order valence-corrected chi connectivity index (χ3v) is 1.65. The first-order valence-corrected chi connectivity index (χ1v) is 3.44. The van der Waals surface area contributed by atoms with Crippen molar-refractivity contribution in [3.05, 3.63) is 0 Å². The maximum Gasteiger partial charge on any atom is 0.407 e. The molecule has 0 radical (unpaired) electrons. The minimum Gasteiger partial charge on any atom is -0.444 e. The summed E-state index contributed by atoms with van der Waals surface area (Å²) in [5, 5.41) is 2.61. The van der Waals surface area contributed by atoms with Crippen LogP contribution < -0.4 is 5.32 Å². The van der Waals surface area contributed by atoms with Gasteiger partial charge in [-0.3, -0.25) is 0 Å². The smallest absolute Gasteiger partial charge is 0.407 e. The van der Waals surface area contributed by atoms with Gasteiger partial charge in [0.2, 0.25) is 0 Å². The van der Waals surface area contributed by atoms with Crippen LogP contribution in [0.4, 0.5) is 4.79 Å². The summed E-state index contributed by atoms with van der Waals surface area (Å²) in [4.78, 5) is 10.6. The van der Waals surface area contributed by atoms with Crippen LogP contribution in [-0.4, -0.2) is 18.7 Å². The fraction of sp³-hybridized carbons (Fsp3) is 0.857. The monoisotopic (exact) mass is 143 g/mol. The standard InChI is InChI=1S/C7H13NO2/c1-7(2,3)5-4-8-6(9)10-5/h5H,4H2,1-3H3,(H,8,9)/t5-/m1/s1. The highest BCUT2D eigenvalue weighted by Gasteiger charge is 2.32. The number of nitrogens with one attached hydrogen (secondary N) is 1. The zero-order valence-electron chi connectivity index (χ0n) is 6.60. The summed E-state index contributed by atoms with van der Waals surface area (Å²) in [6.07, 6.45) is -0.264. The topological polar surface area (TPSA) is 38.3 Å². The highest BCUT2D eigenvalue weighted by atomic mass is 16.6. The Kier molecular flexibility index (Phi) is 1.58. The van der Waals surface area contributed by atoms with Gasteiger partial charge in [0.25, 0.3) is 0 Å². The molecule has 1 amide bonds. The highest BCUT2D eigenvalue weighted by molar-refractivity contribution is 5.69. The molecule has 10 heavy (non-hydrogen) atoms. The first-order chi connectivity index (χ1) is 4.50. The van der Waals surface area contributed by atoms with Crippen LogP contribution in [0.25, 0.3) is 0 Å². The third kappa shape index (κ3) is 1.40. The summed E-state index contributed by atoms with van der Waals surface area (Å²) in [5.74, 6) is 0. The largest absolute Gasteiger partial charge is 0.444 e. The Morgan fingerprint density at radius 1 is 1.60 bits per heavy atom. The van der Waals surface area contributed by atoms with Gasteiger partial charge in [-0.1, -0.05) is 20.8 Å². The van der Waals surface area contributed by atoms with E-state index >= 15 is 0 Å². The van der Waals surface area contributed by atoms with Crippen LogP contribution in [0.5, 0.6) is 0 Å². The molecule has 3 nitrogen and oxygen atoms in total. The fourth-order valence-corrected chi connectivity index (χ4v) is 0.872. The van der Waals surface area contributed by atoms with E-state index in [0.717, 1.165) is 0 Å². The van der Waals surface area contributed by atoms with E-state index in [0.29, 0.717) is 6.54 Å². The van der Waals surface area contributed by atoms with Crippen LogP contribution in [0.3, 0.4) is 0 Å². The molecular weight excluding hydrogens is 130 g/mol. The van der Waals surface area contributed by atoms with Crippen LogP contribution in [0, 0.1) is 5.41 Å². The average molecular weight is 143 g/mol. The Labute approximate surface area is 60.7 Å². The molecule has 0 aliphatic carbocycles. The molecule has 1 rings (SSSR count). The van der Waals surface area contributed by atoms with Crippen molar-refractivity contribution in [2.45, 2.75) is 26.9 Å². The lowest BCUT2D eigenvalue weighted by Crippen LogP contribution is -2.29. The maximum atomic E-state index is 10.6. The zero-order valence-corrected chi connectivity index (χ0v) is 6.60. The van der Waals surface area contributed by atoms with Crippen LogP contribution in [0.2, 0.25) is 0 Å². The lowest BCUT2D eigenvalue weighted by atomic mass is 9.89. The van der Waals surface area contributed by atoms with E-state index in [1.165, 1.54) is 0 Å². The Morgan fingerprint density at radius 3 is 2.40 bits per heavy atom. The number of rotatable bonds is 0. The molecule has 58 valence electrons. The Morgan fingerprint density at radius 2 is 2.20 bits per heavy atom. The van der Waals surface area contributed by atoms with Gasteiger partial charge in [0, 0.05) is 5.41 Å². The SMILES string of the molecule is CC(C)(C)[C@H]1CNC(=O)O1. The Hall–Kier alpha value is -0.730. The quantitative estimate of drug-likeness (QED) is 0.552. The number of cyclic esters (lactones) is 1. The molecule has 3 heteroatoms. The number of hydrogen-bond acceptors (Lipinski definition) is 2. The van der Waals surface area contributed by atoms with E-state index in [4.69, 9.17) is 4.74 Å². The number of hydrogen-bond donors (Lipinski definition) is 1. The molecule has 1 heterocycles. The summed E-state index contributed by atoms with van der Waals surface area (Å²) in [6, 6.07) is 0. The molecule has 1 aliphatic rings. The third-order valence-electron chi connectivity index (χ3n) is 1.65. The number of carbonyl (C=O) groups excluding carboxylic acids is 1. The number of ether oxygens (including phenoxy) is 1. The van der Waals surface area contributed by atoms with E-state index in [9.17, 15) is 4.79 Å². The van der Waals surface area contributed by atoms with E-state index in [1.54, 1.807) is 0 Å². The second-order valence-electron chi connectivity index (χ2n) is 3.64. The van der Waals surface area contributed by atoms with Crippen molar-refractivity contribution in [3.63, 3.8) is 0 Å². The van der Waals surface area contributed by atoms with E-state index < -0.39 is 0 Å².